The lowest BCUT2D eigenvalue weighted by molar-refractivity contribution is 0.283. The Hall–Kier alpha value is -0.250. The highest BCUT2D eigenvalue weighted by atomic mass is 79.9. The second-order valence-corrected chi connectivity index (χ2v) is 6.40. The second kappa shape index (κ2) is 5.81. The summed E-state index contributed by atoms with van der Waals surface area (Å²) in [6, 6.07) is 7.23. The number of piperidine rings is 1. The summed E-state index contributed by atoms with van der Waals surface area (Å²) >= 11 is 9.81. The van der Waals surface area contributed by atoms with Gasteiger partial charge in [0.2, 0.25) is 0 Å². The topological polar surface area (TPSA) is 15.3 Å². The Balaban J connectivity index is 2.24. The summed E-state index contributed by atoms with van der Waals surface area (Å²) in [5.74, 6) is 0.614. The first-order valence-electron chi connectivity index (χ1n) is 6.43. The summed E-state index contributed by atoms with van der Waals surface area (Å²) < 4.78 is 1.03. The Kier molecular flexibility index (Phi) is 4.57. The first-order valence-corrected chi connectivity index (χ1v) is 7.60. The molecule has 1 aromatic carbocycles. The smallest absolute Gasteiger partial charge is 0.0650 e. The Morgan fingerprint density at radius 1 is 1.39 bits per heavy atom. The van der Waals surface area contributed by atoms with Gasteiger partial charge in [0.05, 0.1) is 10.7 Å². The predicted molar refractivity (Wildman–Crippen MR) is 82.6 cm³/mol. The summed E-state index contributed by atoms with van der Waals surface area (Å²) in [5, 5.41) is 4.24. The van der Waals surface area contributed by atoms with Crippen molar-refractivity contribution in [3.63, 3.8) is 0 Å². The van der Waals surface area contributed by atoms with Crippen LogP contribution < -0.4 is 10.2 Å². The van der Waals surface area contributed by atoms with Crippen LogP contribution in [0.3, 0.4) is 0 Å². The molecule has 0 bridgehead atoms. The first-order chi connectivity index (χ1) is 8.54. The van der Waals surface area contributed by atoms with Crippen molar-refractivity contribution in [2.75, 3.05) is 18.5 Å². The van der Waals surface area contributed by atoms with Crippen LogP contribution in [0.5, 0.6) is 0 Å². The molecule has 2 nitrogen and oxygen atoms in total. The molecule has 3 atom stereocenters. The molecule has 1 aliphatic heterocycles. The van der Waals surface area contributed by atoms with E-state index in [2.05, 4.69) is 59.2 Å². The van der Waals surface area contributed by atoms with E-state index in [1.54, 1.807) is 0 Å². The van der Waals surface area contributed by atoms with Gasteiger partial charge in [0.25, 0.3) is 0 Å². The van der Waals surface area contributed by atoms with Crippen LogP contribution in [0.1, 0.15) is 20.3 Å². The molecule has 1 saturated heterocycles. The van der Waals surface area contributed by atoms with Crippen LogP contribution in [0.25, 0.3) is 0 Å². The van der Waals surface area contributed by atoms with Crippen molar-refractivity contribution in [2.24, 2.45) is 5.92 Å². The van der Waals surface area contributed by atoms with Gasteiger partial charge in [-0.1, -0.05) is 34.5 Å². The molecular weight excluding hydrogens is 312 g/mol. The zero-order chi connectivity index (χ0) is 13.3. The molecular formula is C14H20BrClN2. The predicted octanol–water partition coefficient (Wildman–Crippen LogP) is 3.93. The minimum atomic E-state index is 0.495. The van der Waals surface area contributed by atoms with Crippen molar-refractivity contribution >= 4 is 33.2 Å². The number of anilines is 1. The molecule has 0 amide bonds. The van der Waals surface area contributed by atoms with Crippen LogP contribution >= 0.6 is 27.5 Å². The number of rotatable bonds is 2. The molecule has 1 aromatic rings. The molecule has 1 N–H and O–H groups in total. The Morgan fingerprint density at radius 2 is 2.11 bits per heavy atom. The van der Waals surface area contributed by atoms with Gasteiger partial charge in [-0.3, -0.25) is 0 Å². The summed E-state index contributed by atoms with van der Waals surface area (Å²) in [6.45, 7) is 5.65. The minimum Gasteiger partial charge on any atom is -0.367 e. The van der Waals surface area contributed by atoms with Crippen molar-refractivity contribution in [2.45, 2.75) is 32.4 Å². The van der Waals surface area contributed by atoms with Gasteiger partial charge in [0, 0.05) is 23.1 Å². The van der Waals surface area contributed by atoms with E-state index in [9.17, 15) is 0 Å². The van der Waals surface area contributed by atoms with Crippen molar-refractivity contribution in [1.29, 1.82) is 0 Å². The zero-order valence-corrected chi connectivity index (χ0v) is 13.4. The van der Waals surface area contributed by atoms with E-state index < -0.39 is 0 Å². The van der Waals surface area contributed by atoms with Crippen molar-refractivity contribution in [3.8, 4) is 0 Å². The van der Waals surface area contributed by atoms with Crippen LogP contribution in [-0.4, -0.2) is 25.7 Å². The van der Waals surface area contributed by atoms with Gasteiger partial charge < -0.3 is 10.2 Å². The zero-order valence-electron chi connectivity index (χ0n) is 11.1. The number of nitrogens with one attached hydrogen (secondary N) is 1. The maximum Gasteiger partial charge on any atom is 0.0650 e. The van der Waals surface area contributed by atoms with E-state index in [1.165, 1.54) is 0 Å². The third-order valence-corrected chi connectivity index (χ3v) is 4.95. The average molecular weight is 332 g/mol. The molecule has 2 rings (SSSR count). The normalized spacial score (nSPS) is 28.5. The highest BCUT2D eigenvalue weighted by Gasteiger charge is 2.32. The fourth-order valence-corrected chi connectivity index (χ4v) is 3.61. The van der Waals surface area contributed by atoms with Gasteiger partial charge in [-0.25, -0.2) is 0 Å². The van der Waals surface area contributed by atoms with E-state index in [0.29, 0.717) is 18.0 Å². The molecule has 0 aromatic heterocycles. The van der Waals surface area contributed by atoms with Gasteiger partial charge in [-0.15, -0.1) is 0 Å². The Morgan fingerprint density at radius 3 is 2.72 bits per heavy atom. The maximum absolute atomic E-state index is 6.36. The standard InChI is InChI=1S/C14H20BrClN2/c1-9-10(2)18(7-6-13(9)17-3)14-5-4-11(15)8-12(14)16/h4-5,8-10,13,17H,6-7H2,1-3H3. The Bertz CT molecular complexity index is 424. The molecule has 18 heavy (non-hydrogen) atoms. The molecule has 1 heterocycles. The number of hydrogen-bond donors (Lipinski definition) is 1. The van der Waals surface area contributed by atoms with E-state index in [1.807, 2.05) is 6.07 Å². The molecule has 4 heteroatoms. The fourth-order valence-electron chi connectivity index (χ4n) is 2.83. The largest absolute Gasteiger partial charge is 0.367 e. The molecule has 100 valence electrons. The van der Waals surface area contributed by atoms with Crippen LogP contribution in [0, 0.1) is 5.92 Å². The number of hydrogen-bond acceptors (Lipinski definition) is 2. The summed E-state index contributed by atoms with van der Waals surface area (Å²) in [6.07, 6.45) is 1.16. The summed E-state index contributed by atoms with van der Waals surface area (Å²) in [5.41, 5.74) is 1.15. The molecule has 1 aliphatic rings. The molecule has 0 spiro atoms. The Labute approximate surface area is 123 Å². The van der Waals surface area contributed by atoms with E-state index in [4.69, 9.17) is 11.6 Å². The second-order valence-electron chi connectivity index (χ2n) is 5.07. The fraction of sp³-hybridized carbons (Fsp3) is 0.571. The van der Waals surface area contributed by atoms with Gasteiger partial charge in [-0.2, -0.15) is 0 Å². The lowest BCUT2D eigenvalue weighted by Crippen LogP contribution is -2.52. The molecule has 0 aliphatic carbocycles. The van der Waals surface area contributed by atoms with Crippen molar-refractivity contribution < 1.29 is 0 Å². The third kappa shape index (κ3) is 2.68. The van der Waals surface area contributed by atoms with E-state index >= 15 is 0 Å². The summed E-state index contributed by atoms with van der Waals surface area (Å²) in [7, 11) is 2.05. The molecule has 3 unspecified atom stereocenters. The summed E-state index contributed by atoms with van der Waals surface area (Å²) in [4.78, 5) is 2.42. The van der Waals surface area contributed by atoms with Crippen LogP contribution in [0.4, 0.5) is 5.69 Å². The lowest BCUT2D eigenvalue weighted by Gasteiger charge is -2.44. The first kappa shape index (κ1) is 14.2. The monoisotopic (exact) mass is 330 g/mol. The van der Waals surface area contributed by atoms with Crippen LogP contribution in [0.2, 0.25) is 5.02 Å². The van der Waals surface area contributed by atoms with Gasteiger partial charge in [0.1, 0.15) is 0 Å². The minimum absolute atomic E-state index is 0.495. The van der Waals surface area contributed by atoms with E-state index in [-0.39, 0.29) is 0 Å². The van der Waals surface area contributed by atoms with E-state index in [0.717, 1.165) is 28.1 Å². The number of nitrogens with zero attached hydrogens (tertiary/aromatic N) is 1. The highest BCUT2D eigenvalue weighted by molar-refractivity contribution is 9.10. The van der Waals surface area contributed by atoms with Crippen molar-refractivity contribution in [1.82, 2.24) is 5.32 Å². The van der Waals surface area contributed by atoms with Gasteiger partial charge in [0.15, 0.2) is 0 Å². The van der Waals surface area contributed by atoms with Crippen LogP contribution in [0.15, 0.2) is 22.7 Å². The highest BCUT2D eigenvalue weighted by Crippen LogP contribution is 2.34. The SMILES string of the molecule is CNC1CCN(c2ccc(Br)cc2Cl)C(C)C1C. The van der Waals surface area contributed by atoms with Gasteiger partial charge in [-0.05, 0) is 44.5 Å². The van der Waals surface area contributed by atoms with Crippen LogP contribution in [-0.2, 0) is 0 Å². The maximum atomic E-state index is 6.36. The molecule has 0 saturated carbocycles. The quantitative estimate of drug-likeness (QED) is 0.883. The molecule has 0 radical (unpaired) electrons. The van der Waals surface area contributed by atoms with Gasteiger partial charge >= 0.3 is 0 Å². The molecule has 1 fully saturated rings. The third-order valence-electron chi connectivity index (χ3n) is 4.16. The van der Waals surface area contributed by atoms with Crippen molar-refractivity contribution in [3.05, 3.63) is 27.7 Å². The number of halogens is 2. The lowest BCUT2D eigenvalue weighted by atomic mass is 9.87. The number of benzene rings is 1. The average Bonchev–Trinajstić information content (AvgIpc) is 2.34.